The van der Waals surface area contributed by atoms with Crippen LogP contribution in [-0.4, -0.2) is 51.0 Å². The van der Waals surface area contributed by atoms with Gasteiger partial charge in [-0.15, -0.1) is 0 Å². The number of aliphatic hydroxyl groups is 2. The molecular weight excluding hydrogens is 264 g/mol. The van der Waals surface area contributed by atoms with E-state index in [4.69, 9.17) is 5.11 Å². The number of nitrogens with one attached hydrogen (secondary N) is 1. The number of hydrogen-bond donors (Lipinski definition) is 4. The van der Waals surface area contributed by atoms with Crippen LogP contribution in [0.2, 0.25) is 0 Å². The number of nitrogens with zero attached hydrogens (tertiary/aromatic N) is 1. The van der Waals surface area contributed by atoms with E-state index in [9.17, 15) is 19.8 Å². The third-order valence-corrected chi connectivity index (χ3v) is 4.01. The zero-order valence-corrected chi connectivity index (χ0v) is 11.0. The summed E-state index contributed by atoms with van der Waals surface area (Å²) < 4.78 is 0. The van der Waals surface area contributed by atoms with Crippen molar-refractivity contribution < 1.29 is 20.1 Å². The monoisotopic (exact) mass is 282 g/mol. The molecule has 1 aromatic rings. The lowest BCUT2D eigenvalue weighted by molar-refractivity contribution is -0.0587. The van der Waals surface area contributed by atoms with Gasteiger partial charge >= 0.3 is 6.09 Å². The maximum atomic E-state index is 11.3. The lowest BCUT2D eigenvalue weighted by Crippen LogP contribution is -2.47. The normalized spacial score (nSPS) is 19.6. The number of hydrogen-bond acceptors (Lipinski definition) is 4. The number of carbonyl (C=O) groups is 1. The molecule has 2 rings (SSSR count). The minimum Gasteiger partial charge on any atom is -0.465 e. The van der Waals surface area contributed by atoms with Gasteiger partial charge in [-0.3, -0.25) is 4.79 Å². The number of H-pyrrole nitrogens is 1. The summed E-state index contributed by atoms with van der Waals surface area (Å²) in [5.41, 5.74) is -0.708. The van der Waals surface area contributed by atoms with Gasteiger partial charge in [-0.05, 0) is 12.8 Å². The van der Waals surface area contributed by atoms with E-state index in [1.54, 1.807) is 0 Å². The maximum absolute atomic E-state index is 11.3. The van der Waals surface area contributed by atoms with E-state index in [1.165, 1.54) is 23.2 Å². The summed E-state index contributed by atoms with van der Waals surface area (Å²) in [5, 5.41) is 29.0. The largest absolute Gasteiger partial charge is 0.465 e. The van der Waals surface area contributed by atoms with Crippen molar-refractivity contribution in [2.45, 2.75) is 18.9 Å². The molecule has 1 atom stereocenters. The summed E-state index contributed by atoms with van der Waals surface area (Å²) in [6.07, 6.45) is 0.0941. The van der Waals surface area contributed by atoms with Crippen LogP contribution in [0, 0.1) is 5.41 Å². The fourth-order valence-electron chi connectivity index (χ4n) is 2.61. The molecule has 2 heterocycles. The zero-order valence-electron chi connectivity index (χ0n) is 11.0. The Morgan fingerprint density at radius 1 is 1.45 bits per heavy atom. The molecule has 0 saturated carbocycles. The predicted octanol–water partition coefficient (Wildman–Crippen LogP) is 0.161. The molecule has 20 heavy (non-hydrogen) atoms. The Morgan fingerprint density at radius 3 is 2.60 bits per heavy atom. The first-order valence-electron chi connectivity index (χ1n) is 6.44. The van der Waals surface area contributed by atoms with E-state index in [-0.39, 0.29) is 25.1 Å². The molecule has 1 unspecified atom stereocenters. The van der Waals surface area contributed by atoms with Crippen molar-refractivity contribution in [1.82, 2.24) is 9.88 Å². The second kappa shape index (κ2) is 5.64. The number of carboxylic acid groups (broad SMARTS) is 1. The van der Waals surface area contributed by atoms with Crippen molar-refractivity contribution in [3.8, 4) is 0 Å². The van der Waals surface area contributed by atoms with Gasteiger partial charge in [0.2, 0.25) is 0 Å². The van der Waals surface area contributed by atoms with Gasteiger partial charge in [-0.25, -0.2) is 4.79 Å². The van der Waals surface area contributed by atoms with Crippen LogP contribution in [-0.2, 0) is 0 Å². The third-order valence-electron chi connectivity index (χ3n) is 4.01. The average Bonchev–Trinajstić information content (AvgIpc) is 2.46. The van der Waals surface area contributed by atoms with Crippen molar-refractivity contribution in [2.24, 2.45) is 5.41 Å². The Morgan fingerprint density at radius 2 is 2.10 bits per heavy atom. The van der Waals surface area contributed by atoms with Gasteiger partial charge in [0.05, 0.1) is 6.61 Å². The highest BCUT2D eigenvalue weighted by molar-refractivity contribution is 5.65. The van der Waals surface area contributed by atoms with E-state index in [1.807, 2.05) is 0 Å². The minimum absolute atomic E-state index is 0.228. The molecule has 1 aliphatic heterocycles. The number of aliphatic hydroxyl groups excluding tert-OH is 2. The van der Waals surface area contributed by atoms with Crippen LogP contribution in [0.15, 0.2) is 23.1 Å². The van der Waals surface area contributed by atoms with E-state index >= 15 is 0 Å². The zero-order chi connectivity index (χ0) is 14.8. The van der Waals surface area contributed by atoms with Crippen LogP contribution in [0.1, 0.15) is 24.6 Å². The van der Waals surface area contributed by atoms with Crippen LogP contribution < -0.4 is 5.43 Å². The van der Waals surface area contributed by atoms with Gasteiger partial charge in [-0.2, -0.15) is 0 Å². The lowest BCUT2D eigenvalue weighted by Gasteiger charge is -2.42. The number of rotatable bonds is 3. The molecule has 0 aromatic carbocycles. The maximum Gasteiger partial charge on any atom is 0.407 e. The molecule has 0 bridgehead atoms. The number of piperidine rings is 1. The van der Waals surface area contributed by atoms with Crippen LogP contribution in [0.25, 0.3) is 0 Å². The number of likely N-dealkylation sites (tertiary alicyclic amines) is 1. The van der Waals surface area contributed by atoms with Gasteiger partial charge < -0.3 is 25.2 Å². The van der Waals surface area contributed by atoms with Crippen molar-refractivity contribution in [1.29, 1.82) is 0 Å². The fourth-order valence-corrected chi connectivity index (χ4v) is 2.61. The van der Waals surface area contributed by atoms with Crippen LogP contribution >= 0.6 is 0 Å². The molecule has 7 heteroatoms. The van der Waals surface area contributed by atoms with Crippen LogP contribution in [0.3, 0.4) is 0 Å². The number of aromatic amines is 1. The lowest BCUT2D eigenvalue weighted by atomic mass is 9.73. The molecule has 110 valence electrons. The molecule has 1 amide bonds. The quantitative estimate of drug-likeness (QED) is 0.630. The van der Waals surface area contributed by atoms with Gasteiger partial charge in [0.25, 0.3) is 0 Å². The standard InChI is InChI=1S/C13H18N2O5/c16-8-13(2-5-15(6-3-13)12(19)20)11(18)10-7-9(17)1-4-14-10/h1,4,7,11,16,18H,2-3,5-6,8H2,(H,14,17)(H,19,20). The molecular formula is C13H18N2O5. The first kappa shape index (κ1) is 14.5. The van der Waals surface area contributed by atoms with Crippen molar-refractivity contribution in [3.63, 3.8) is 0 Å². The molecule has 0 spiro atoms. The first-order chi connectivity index (χ1) is 9.48. The Hall–Kier alpha value is -1.86. The number of pyridine rings is 1. The summed E-state index contributed by atoms with van der Waals surface area (Å²) in [7, 11) is 0. The van der Waals surface area contributed by atoms with Gasteiger partial charge in [0.1, 0.15) is 6.10 Å². The van der Waals surface area contributed by atoms with E-state index in [0.29, 0.717) is 18.5 Å². The Bertz CT molecular complexity index is 534. The topological polar surface area (TPSA) is 114 Å². The highest BCUT2D eigenvalue weighted by Crippen LogP contribution is 2.41. The second-order valence-electron chi connectivity index (χ2n) is 5.17. The predicted molar refractivity (Wildman–Crippen MR) is 70.4 cm³/mol. The molecule has 1 aliphatic rings. The highest BCUT2D eigenvalue weighted by Gasteiger charge is 2.42. The molecule has 0 radical (unpaired) electrons. The van der Waals surface area contributed by atoms with Crippen molar-refractivity contribution >= 4 is 6.09 Å². The van der Waals surface area contributed by atoms with E-state index in [0.717, 1.165) is 0 Å². The van der Waals surface area contributed by atoms with Gasteiger partial charge in [0.15, 0.2) is 5.43 Å². The summed E-state index contributed by atoms with van der Waals surface area (Å²) in [6.45, 7) is 0.243. The molecule has 4 N–H and O–H groups in total. The van der Waals surface area contributed by atoms with Crippen molar-refractivity contribution in [2.75, 3.05) is 19.7 Å². The summed E-state index contributed by atoms with van der Waals surface area (Å²) in [6, 6.07) is 2.64. The highest BCUT2D eigenvalue weighted by atomic mass is 16.4. The number of amides is 1. The SMILES string of the molecule is O=C(O)N1CCC(CO)(C(O)c2cc(=O)cc[nH]2)CC1. The average molecular weight is 282 g/mol. The summed E-state index contributed by atoms with van der Waals surface area (Å²) in [4.78, 5) is 26.3. The van der Waals surface area contributed by atoms with Gasteiger partial charge in [0, 0.05) is 42.5 Å². The molecule has 7 nitrogen and oxygen atoms in total. The van der Waals surface area contributed by atoms with Crippen LogP contribution in [0.5, 0.6) is 0 Å². The van der Waals surface area contributed by atoms with Gasteiger partial charge in [-0.1, -0.05) is 0 Å². The Kier molecular flexibility index (Phi) is 4.10. The van der Waals surface area contributed by atoms with E-state index in [2.05, 4.69) is 4.98 Å². The molecule has 0 aliphatic carbocycles. The molecule has 1 fully saturated rings. The van der Waals surface area contributed by atoms with Crippen molar-refractivity contribution in [3.05, 3.63) is 34.2 Å². The molecule has 1 aromatic heterocycles. The number of aromatic nitrogens is 1. The Labute approximate surface area is 115 Å². The summed E-state index contributed by atoms with van der Waals surface area (Å²) >= 11 is 0. The Balaban J connectivity index is 2.20. The van der Waals surface area contributed by atoms with E-state index < -0.39 is 17.6 Å². The second-order valence-corrected chi connectivity index (χ2v) is 5.17. The molecule has 1 saturated heterocycles. The summed E-state index contributed by atoms with van der Waals surface area (Å²) in [5.74, 6) is 0. The smallest absolute Gasteiger partial charge is 0.407 e. The first-order valence-corrected chi connectivity index (χ1v) is 6.44. The minimum atomic E-state index is -1.03. The van der Waals surface area contributed by atoms with Crippen LogP contribution in [0.4, 0.5) is 4.79 Å². The third kappa shape index (κ3) is 2.68. The fraction of sp³-hybridized carbons (Fsp3) is 0.538.